The lowest BCUT2D eigenvalue weighted by Crippen LogP contribution is -2.46. The molecule has 7 nitrogen and oxygen atoms in total. The van der Waals surface area contributed by atoms with Crippen LogP contribution in [0.15, 0.2) is 24.3 Å². The predicted octanol–water partition coefficient (Wildman–Crippen LogP) is 2.13. The standard InChI is InChI=1S/C19H28N6O/c1-23-11-13-24(14-12-23)18(16-9-5-6-10-17(16)26-2)19-20-21-22-25(19)15-7-3-4-8-15/h5-6,9-10,15,18H,3-4,7-8,11-14H2,1-2H3. The third-order valence-corrected chi connectivity index (χ3v) is 5.77. The molecule has 2 heterocycles. The normalized spacial score (nSPS) is 21.2. The molecule has 1 aliphatic heterocycles. The summed E-state index contributed by atoms with van der Waals surface area (Å²) >= 11 is 0. The summed E-state index contributed by atoms with van der Waals surface area (Å²) in [5.74, 6) is 1.85. The first-order valence-corrected chi connectivity index (χ1v) is 9.61. The number of rotatable bonds is 5. The van der Waals surface area contributed by atoms with E-state index in [1.807, 2.05) is 12.1 Å². The van der Waals surface area contributed by atoms with Gasteiger partial charge in [0.15, 0.2) is 5.82 Å². The number of benzene rings is 1. The molecule has 7 heteroatoms. The number of hydrogen-bond donors (Lipinski definition) is 0. The number of piperazine rings is 1. The van der Waals surface area contributed by atoms with E-state index in [-0.39, 0.29) is 6.04 Å². The van der Waals surface area contributed by atoms with Crippen LogP contribution >= 0.6 is 0 Å². The molecule has 1 saturated heterocycles. The van der Waals surface area contributed by atoms with Crippen molar-refractivity contribution in [2.24, 2.45) is 0 Å². The fourth-order valence-electron chi connectivity index (χ4n) is 4.26. The SMILES string of the molecule is COc1ccccc1C(c1nnnn1C1CCCC1)N1CCN(C)CC1. The van der Waals surface area contributed by atoms with Crippen LogP contribution in [-0.2, 0) is 0 Å². The molecule has 2 aliphatic rings. The third kappa shape index (κ3) is 3.33. The lowest BCUT2D eigenvalue weighted by atomic mass is 10.0. The van der Waals surface area contributed by atoms with Gasteiger partial charge in [0.1, 0.15) is 11.8 Å². The van der Waals surface area contributed by atoms with Gasteiger partial charge in [0.05, 0.1) is 13.2 Å². The molecule has 140 valence electrons. The van der Waals surface area contributed by atoms with Crippen LogP contribution in [0.1, 0.15) is 49.2 Å². The number of ether oxygens (including phenoxy) is 1. The fraction of sp³-hybridized carbons (Fsp3) is 0.632. The Hall–Kier alpha value is -1.99. The van der Waals surface area contributed by atoms with E-state index < -0.39 is 0 Å². The molecular weight excluding hydrogens is 328 g/mol. The van der Waals surface area contributed by atoms with Crippen molar-refractivity contribution >= 4 is 0 Å². The van der Waals surface area contributed by atoms with Gasteiger partial charge in [-0.3, -0.25) is 4.90 Å². The number of methoxy groups -OCH3 is 1. The number of para-hydroxylation sites is 1. The smallest absolute Gasteiger partial charge is 0.173 e. The molecule has 0 bridgehead atoms. The van der Waals surface area contributed by atoms with Gasteiger partial charge < -0.3 is 9.64 Å². The van der Waals surface area contributed by atoms with Gasteiger partial charge in [-0.2, -0.15) is 0 Å². The Balaban J connectivity index is 1.75. The van der Waals surface area contributed by atoms with E-state index in [1.54, 1.807) is 7.11 Å². The van der Waals surface area contributed by atoms with Gasteiger partial charge in [-0.1, -0.05) is 31.0 Å². The van der Waals surface area contributed by atoms with E-state index in [0.29, 0.717) is 6.04 Å². The number of nitrogens with zero attached hydrogens (tertiary/aromatic N) is 6. The third-order valence-electron chi connectivity index (χ3n) is 5.77. The van der Waals surface area contributed by atoms with Crippen molar-refractivity contribution in [2.75, 3.05) is 40.3 Å². The van der Waals surface area contributed by atoms with Gasteiger partial charge in [0.2, 0.25) is 0 Å². The maximum absolute atomic E-state index is 5.69. The van der Waals surface area contributed by atoms with Crippen LogP contribution in [0.5, 0.6) is 5.75 Å². The Morgan fingerprint density at radius 1 is 1.08 bits per heavy atom. The van der Waals surface area contributed by atoms with Crippen molar-refractivity contribution < 1.29 is 4.74 Å². The summed E-state index contributed by atoms with van der Waals surface area (Å²) in [6.07, 6.45) is 4.86. The molecule has 2 fully saturated rings. The van der Waals surface area contributed by atoms with Crippen molar-refractivity contribution in [3.63, 3.8) is 0 Å². The average Bonchev–Trinajstić information content (AvgIpc) is 3.35. The molecule has 2 aromatic rings. The van der Waals surface area contributed by atoms with E-state index >= 15 is 0 Å². The molecule has 0 radical (unpaired) electrons. The minimum Gasteiger partial charge on any atom is -0.496 e. The van der Waals surface area contributed by atoms with Gasteiger partial charge in [0, 0.05) is 31.7 Å². The van der Waals surface area contributed by atoms with E-state index in [2.05, 4.69) is 49.2 Å². The van der Waals surface area contributed by atoms with Crippen LogP contribution in [0.25, 0.3) is 0 Å². The lowest BCUT2D eigenvalue weighted by molar-refractivity contribution is 0.119. The Morgan fingerprint density at radius 3 is 2.54 bits per heavy atom. The highest BCUT2D eigenvalue weighted by molar-refractivity contribution is 5.39. The Bertz CT molecular complexity index is 718. The fourth-order valence-corrected chi connectivity index (χ4v) is 4.26. The highest BCUT2D eigenvalue weighted by atomic mass is 16.5. The quantitative estimate of drug-likeness (QED) is 0.818. The number of aromatic nitrogens is 4. The van der Waals surface area contributed by atoms with E-state index in [4.69, 9.17) is 4.74 Å². The van der Waals surface area contributed by atoms with Crippen LogP contribution in [0, 0.1) is 0 Å². The Kier molecular flexibility index (Phi) is 5.17. The second-order valence-electron chi connectivity index (χ2n) is 7.40. The summed E-state index contributed by atoms with van der Waals surface area (Å²) in [4.78, 5) is 4.87. The van der Waals surface area contributed by atoms with E-state index in [9.17, 15) is 0 Å². The van der Waals surface area contributed by atoms with Crippen molar-refractivity contribution in [1.29, 1.82) is 0 Å². The summed E-state index contributed by atoms with van der Waals surface area (Å²) in [7, 11) is 3.91. The number of tetrazole rings is 1. The topological polar surface area (TPSA) is 59.3 Å². The predicted molar refractivity (Wildman–Crippen MR) is 99.2 cm³/mol. The van der Waals surface area contributed by atoms with Crippen molar-refractivity contribution in [3.05, 3.63) is 35.7 Å². The Labute approximate surface area is 154 Å². The van der Waals surface area contributed by atoms with Crippen molar-refractivity contribution in [2.45, 2.75) is 37.8 Å². The van der Waals surface area contributed by atoms with Crippen molar-refractivity contribution in [1.82, 2.24) is 30.0 Å². The molecule has 1 unspecified atom stereocenters. The maximum atomic E-state index is 5.69. The molecule has 1 atom stereocenters. The van der Waals surface area contributed by atoms with Crippen LogP contribution in [0.2, 0.25) is 0 Å². The highest BCUT2D eigenvalue weighted by Gasteiger charge is 2.34. The highest BCUT2D eigenvalue weighted by Crippen LogP contribution is 2.37. The first-order chi connectivity index (χ1) is 12.8. The summed E-state index contributed by atoms with van der Waals surface area (Å²) < 4.78 is 7.77. The second-order valence-corrected chi connectivity index (χ2v) is 7.40. The molecular formula is C19H28N6O. The van der Waals surface area contributed by atoms with Gasteiger partial charge in [-0.05, 0) is 36.4 Å². The molecule has 1 aromatic heterocycles. The van der Waals surface area contributed by atoms with E-state index in [1.165, 1.54) is 25.7 Å². The first-order valence-electron chi connectivity index (χ1n) is 9.61. The van der Waals surface area contributed by atoms with Crippen LogP contribution in [0.4, 0.5) is 0 Å². The molecule has 1 aliphatic carbocycles. The Morgan fingerprint density at radius 2 is 1.81 bits per heavy atom. The minimum atomic E-state index is 0.0236. The molecule has 26 heavy (non-hydrogen) atoms. The van der Waals surface area contributed by atoms with Gasteiger partial charge >= 0.3 is 0 Å². The number of likely N-dealkylation sites (N-methyl/N-ethyl adjacent to an activating group) is 1. The van der Waals surface area contributed by atoms with Crippen LogP contribution in [0.3, 0.4) is 0 Å². The average molecular weight is 356 g/mol. The summed E-state index contributed by atoms with van der Waals surface area (Å²) in [5.41, 5.74) is 1.15. The molecule has 4 rings (SSSR count). The maximum Gasteiger partial charge on any atom is 0.173 e. The molecule has 0 spiro atoms. The van der Waals surface area contributed by atoms with Gasteiger partial charge in [-0.25, -0.2) is 4.68 Å². The summed E-state index contributed by atoms with van der Waals surface area (Å²) in [6, 6.07) is 8.71. The van der Waals surface area contributed by atoms with Crippen LogP contribution < -0.4 is 4.74 Å². The van der Waals surface area contributed by atoms with Crippen LogP contribution in [-0.4, -0.2) is 70.3 Å². The largest absolute Gasteiger partial charge is 0.496 e. The van der Waals surface area contributed by atoms with E-state index in [0.717, 1.165) is 43.3 Å². The first kappa shape index (κ1) is 17.4. The molecule has 0 N–H and O–H groups in total. The zero-order valence-corrected chi connectivity index (χ0v) is 15.7. The monoisotopic (exact) mass is 356 g/mol. The lowest BCUT2D eigenvalue weighted by Gasteiger charge is -2.38. The van der Waals surface area contributed by atoms with Gasteiger partial charge in [-0.15, -0.1) is 5.10 Å². The van der Waals surface area contributed by atoms with Gasteiger partial charge in [0.25, 0.3) is 0 Å². The van der Waals surface area contributed by atoms with Crippen molar-refractivity contribution in [3.8, 4) is 5.75 Å². The summed E-state index contributed by atoms with van der Waals surface area (Å²) in [5, 5.41) is 12.9. The second kappa shape index (κ2) is 7.72. The molecule has 1 saturated carbocycles. The number of hydrogen-bond acceptors (Lipinski definition) is 6. The minimum absolute atomic E-state index is 0.0236. The summed E-state index contributed by atoms with van der Waals surface area (Å²) in [6.45, 7) is 4.10. The molecule has 1 aromatic carbocycles. The molecule has 0 amide bonds. The zero-order valence-electron chi connectivity index (χ0n) is 15.7. The zero-order chi connectivity index (χ0) is 17.9.